The molecule has 5 nitrogen and oxygen atoms in total. The van der Waals surface area contributed by atoms with Crippen LogP contribution in [0, 0.1) is 27.7 Å². The summed E-state index contributed by atoms with van der Waals surface area (Å²) in [5.74, 6) is -0.378. The number of rotatable bonds is 6. The minimum absolute atomic E-state index is 0.0119. The molecule has 0 atom stereocenters. The SMILES string of the molecule is Cc1cccc(C)c1NC(=O)CN(C)C(=O)/C=C/c1cc(C)n(C2CCCCC2)c1C. The third kappa shape index (κ3) is 5.46. The maximum Gasteiger partial charge on any atom is 0.246 e. The fourth-order valence-electron chi connectivity index (χ4n) is 4.64. The number of benzene rings is 1. The Hall–Kier alpha value is -2.82. The molecule has 1 saturated carbocycles. The second-order valence-electron chi connectivity index (χ2n) is 8.83. The van der Waals surface area contributed by atoms with Crippen molar-refractivity contribution < 1.29 is 9.59 Å². The van der Waals surface area contributed by atoms with Crippen molar-refractivity contribution in [3.05, 3.63) is 58.4 Å². The van der Waals surface area contributed by atoms with Gasteiger partial charge in [-0.1, -0.05) is 37.5 Å². The Morgan fingerprint density at radius 2 is 1.74 bits per heavy atom. The number of carbonyl (C=O) groups is 2. The van der Waals surface area contributed by atoms with Crippen molar-refractivity contribution in [2.75, 3.05) is 18.9 Å². The molecule has 31 heavy (non-hydrogen) atoms. The molecule has 1 fully saturated rings. The predicted molar refractivity (Wildman–Crippen MR) is 127 cm³/mol. The molecule has 1 aliphatic rings. The molecule has 0 spiro atoms. The normalized spacial score (nSPS) is 14.7. The van der Waals surface area contributed by atoms with Gasteiger partial charge < -0.3 is 14.8 Å². The summed E-state index contributed by atoms with van der Waals surface area (Å²) in [5.41, 5.74) is 6.37. The minimum Gasteiger partial charge on any atom is -0.346 e. The molecule has 1 aromatic carbocycles. The molecule has 0 unspecified atom stereocenters. The molecule has 1 aliphatic carbocycles. The number of hydrogen-bond donors (Lipinski definition) is 1. The molecular weight excluding hydrogens is 386 g/mol. The summed E-state index contributed by atoms with van der Waals surface area (Å²) in [6, 6.07) is 8.62. The Labute approximate surface area is 186 Å². The lowest BCUT2D eigenvalue weighted by Gasteiger charge is -2.26. The van der Waals surface area contributed by atoms with Crippen LogP contribution in [0.2, 0.25) is 0 Å². The van der Waals surface area contributed by atoms with Gasteiger partial charge in [-0.25, -0.2) is 0 Å². The summed E-state index contributed by atoms with van der Waals surface area (Å²) >= 11 is 0. The number of aromatic nitrogens is 1. The Kier molecular flexibility index (Phi) is 7.37. The van der Waals surface area contributed by atoms with Crippen LogP contribution in [0.25, 0.3) is 6.08 Å². The van der Waals surface area contributed by atoms with Crippen LogP contribution in [0.15, 0.2) is 30.3 Å². The fraction of sp³-hybridized carbons (Fsp3) is 0.462. The van der Waals surface area contributed by atoms with Crippen molar-refractivity contribution in [1.82, 2.24) is 9.47 Å². The van der Waals surface area contributed by atoms with E-state index in [1.807, 2.05) is 38.1 Å². The first-order valence-corrected chi connectivity index (χ1v) is 11.3. The first-order chi connectivity index (χ1) is 14.8. The van der Waals surface area contributed by atoms with Crippen LogP contribution in [0.1, 0.15) is 66.2 Å². The number of para-hydroxylation sites is 1. The van der Waals surface area contributed by atoms with Crippen molar-refractivity contribution in [2.45, 2.75) is 65.8 Å². The summed E-state index contributed by atoms with van der Waals surface area (Å²) in [6.07, 6.45) is 9.83. The molecule has 0 saturated heterocycles. The van der Waals surface area contributed by atoms with Crippen molar-refractivity contribution in [2.24, 2.45) is 0 Å². The standard InChI is InChI=1S/C26H35N3O2/c1-18-10-9-11-19(2)26(18)27-24(30)17-28(5)25(31)15-14-22-16-20(3)29(21(22)4)23-12-7-6-8-13-23/h9-11,14-16,23H,6-8,12-13,17H2,1-5H3,(H,27,30)/b15-14+. The van der Waals surface area contributed by atoms with E-state index in [2.05, 4.69) is 29.8 Å². The maximum absolute atomic E-state index is 12.6. The van der Waals surface area contributed by atoms with E-state index >= 15 is 0 Å². The molecular formula is C26H35N3O2. The molecule has 5 heteroatoms. The maximum atomic E-state index is 12.6. The van der Waals surface area contributed by atoms with Crippen molar-refractivity contribution >= 4 is 23.6 Å². The summed E-state index contributed by atoms with van der Waals surface area (Å²) in [6.45, 7) is 8.21. The largest absolute Gasteiger partial charge is 0.346 e. The van der Waals surface area contributed by atoms with Gasteiger partial charge in [-0.15, -0.1) is 0 Å². The van der Waals surface area contributed by atoms with Crippen molar-refractivity contribution in [3.8, 4) is 0 Å². The second kappa shape index (κ2) is 9.99. The quantitative estimate of drug-likeness (QED) is 0.640. The third-order valence-electron chi connectivity index (χ3n) is 6.37. The van der Waals surface area contributed by atoms with Gasteiger partial charge in [0.05, 0.1) is 6.54 Å². The van der Waals surface area contributed by atoms with E-state index in [1.165, 1.54) is 48.4 Å². The highest BCUT2D eigenvalue weighted by Crippen LogP contribution is 2.32. The Morgan fingerprint density at radius 1 is 1.10 bits per heavy atom. The zero-order chi connectivity index (χ0) is 22.5. The number of aryl methyl sites for hydroxylation is 3. The monoisotopic (exact) mass is 421 g/mol. The molecule has 1 heterocycles. The van der Waals surface area contributed by atoms with Gasteiger partial charge >= 0.3 is 0 Å². The van der Waals surface area contributed by atoms with E-state index < -0.39 is 0 Å². The zero-order valence-corrected chi connectivity index (χ0v) is 19.5. The van der Waals surface area contributed by atoms with Crippen molar-refractivity contribution in [3.63, 3.8) is 0 Å². The Morgan fingerprint density at radius 3 is 2.39 bits per heavy atom. The molecule has 0 bridgehead atoms. The van der Waals surface area contributed by atoms with E-state index in [1.54, 1.807) is 13.1 Å². The summed E-state index contributed by atoms with van der Waals surface area (Å²) in [7, 11) is 1.66. The van der Waals surface area contributed by atoms with Gasteiger partial charge in [0, 0.05) is 36.2 Å². The van der Waals surface area contributed by atoms with Gasteiger partial charge in [0.25, 0.3) is 0 Å². The van der Waals surface area contributed by atoms with E-state index in [-0.39, 0.29) is 18.4 Å². The highest BCUT2D eigenvalue weighted by molar-refractivity contribution is 5.98. The lowest BCUT2D eigenvalue weighted by atomic mass is 9.95. The van der Waals surface area contributed by atoms with E-state index in [4.69, 9.17) is 0 Å². The number of hydrogen-bond acceptors (Lipinski definition) is 2. The van der Waals surface area contributed by atoms with Crippen LogP contribution in [0.4, 0.5) is 5.69 Å². The smallest absolute Gasteiger partial charge is 0.246 e. The minimum atomic E-state index is -0.197. The van der Waals surface area contributed by atoms with Crippen LogP contribution in [0.3, 0.4) is 0 Å². The Bertz CT molecular complexity index is 961. The highest BCUT2D eigenvalue weighted by Gasteiger charge is 2.19. The molecule has 0 radical (unpaired) electrons. The average Bonchev–Trinajstić information content (AvgIpc) is 3.02. The fourth-order valence-corrected chi connectivity index (χ4v) is 4.64. The molecule has 1 N–H and O–H groups in total. The van der Waals surface area contributed by atoms with Crippen LogP contribution in [0.5, 0.6) is 0 Å². The van der Waals surface area contributed by atoms with E-state index in [9.17, 15) is 9.59 Å². The number of anilines is 1. The number of nitrogens with one attached hydrogen (secondary N) is 1. The average molecular weight is 422 g/mol. The van der Waals surface area contributed by atoms with E-state index in [0.29, 0.717) is 6.04 Å². The first kappa shape index (κ1) is 22.9. The third-order valence-corrected chi connectivity index (χ3v) is 6.37. The number of likely N-dealkylation sites (N-methyl/N-ethyl adjacent to an activating group) is 1. The molecule has 166 valence electrons. The zero-order valence-electron chi connectivity index (χ0n) is 19.5. The van der Waals surface area contributed by atoms with Gasteiger partial charge in [0.15, 0.2) is 0 Å². The van der Waals surface area contributed by atoms with Gasteiger partial charge in [0.1, 0.15) is 0 Å². The summed E-state index contributed by atoms with van der Waals surface area (Å²) < 4.78 is 2.44. The van der Waals surface area contributed by atoms with Crippen LogP contribution >= 0.6 is 0 Å². The van der Waals surface area contributed by atoms with Crippen LogP contribution in [-0.4, -0.2) is 34.9 Å². The van der Waals surface area contributed by atoms with Crippen LogP contribution < -0.4 is 5.32 Å². The number of nitrogens with zero attached hydrogens (tertiary/aromatic N) is 2. The van der Waals surface area contributed by atoms with Crippen LogP contribution in [-0.2, 0) is 9.59 Å². The van der Waals surface area contributed by atoms with Gasteiger partial charge in [-0.3, -0.25) is 9.59 Å². The van der Waals surface area contributed by atoms with Gasteiger partial charge in [-0.2, -0.15) is 0 Å². The topological polar surface area (TPSA) is 54.3 Å². The molecule has 0 aliphatic heterocycles. The number of carbonyl (C=O) groups excluding carboxylic acids is 2. The van der Waals surface area contributed by atoms with Gasteiger partial charge in [0.2, 0.25) is 11.8 Å². The second-order valence-corrected chi connectivity index (χ2v) is 8.83. The molecule has 2 amide bonds. The lowest BCUT2D eigenvalue weighted by Crippen LogP contribution is -2.34. The lowest BCUT2D eigenvalue weighted by molar-refractivity contribution is -0.129. The highest BCUT2D eigenvalue weighted by atomic mass is 16.2. The number of amides is 2. The van der Waals surface area contributed by atoms with Gasteiger partial charge in [-0.05, 0) is 69.4 Å². The molecule has 1 aromatic heterocycles. The Balaban J connectivity index is 1.62. The summed E-state index contributed by atoms with van der Waals surface area (Å²) in [5, 5.41) is 2.93. The molecule has 3 rings (SSSR count). The molecule has 2 aromatic rings. The first-order valence-electron chi connectivity index (χ1n) is 11.3. The summed E-state index contributed by atoms with van der Waals surface area (Å²) in [4.78, 5) is 26.5. The van der Waals surface area contributed by atoms with E-state index in [0.717, 1.165) is 22.4 Å². The van der Waals surface area contributed by atoms with Crippen molar-refractivity contribution in [1.29, 1.82) is 0 Å². The predicted octanol–water partition coefficient (Wildman–Crippen LogP) is 5.34.